The monoisotopic (exact) mass is 1330 g/mol. The minimum absolute atomic E-state index is 1.00. The molecule has 5 heterocycles. The van der Waals surface area contributed by atoms with Crippen LogP contribution in [0.1, 0.15) is 55.6 Å². The van der Waals surface area contributed by atoms with Crippen molar-refractivity contribution in [3.63, 3.8) is 0 Å². The van der Waals surface area contributed by atoms with Gasteiger partial charge in [0.15, 0.2) is 0 Å². The average Bonchev–Trinajstić information content (AvgIpc) is 0.740. The fourth-order valence-corrected chi connectivity index (χ4v) is 17.3. The van der Waals surface area contributed by atoms with Gasteiger partial charge < -0.3 is 24.5 Å². The van der Waals surface area contributed by atoms with E-state index >= 15 is 0 Å². The maximum Gasteiger partial charge on any atom is 0.0523 e. The summed E-state index contributed by atoms with van der Waals surface area (Å²) in [6.07, 6.45) is 5.09. The van der Waals surface area contributed by atoms with Crippen LogP contribution in [0.4, 0.5) is 56.9 Å². The summed E-state index contributed by atoms with van der Waals surface area (Å²) in [5.41, 5.74) is 27.6. The molecule has 496 valence electrons. The number of fused-ring (bicyclic) bond motifs is 23. The van der Waals surface area contributed by atoms with E-state index in [2.05, 4.69) is 387 Å². The standard InChI is InChI=1S/3C22H17N.C18H15N.C14H13N/c1-23-21-17(12-10-15-6-2-4-8-19(15)21)14-18-13-11-16-7-3-5-9-20(16)22(18)23;1-23-21-13-12-15-6-2-4-8-18(15)20(21)14-17-11-10-16-7-3-5-9-19(16)22(17)23;1-23-21-14-17-8-3-2-7-16(17)12-19(21)13-18-11-10-15-6-4-5-9-20(15)22(18)23;1-19-17-9-5-3-7-14(17)12-15-11-10-13-6-2-4-8-16(13)18(15)19;1-15-13-8-4-2-6-11(13)10-12-7-3-5-9-14(12)15/h2*2-13H,14H2,1H3;2-12,14H,13H2,1H3;2-11H,12H2,1H3;2-9H,10H2,1H3. The highest BCUT2D eigenvalue weighted by atomic mass is 15.1. The number of hydrogen-bond acceptors (Lipinski definition) is 5. The van der Waals surface area contributed by atoms with Crippen LogP contribution >= 0.6 is 0 Å². The van der Waals surface area contributed by atoms with E-state index < -0.39 is 0 Å². The first-order valence-corrected chi connectivity index (χ1v) is 36.1. The van der Waals surface area contributed by atoms with Crippen LogP contribution in [0.15, 0.2) is 328 Å². The van der Waals surface area contributed by atoms with E-state index in [1.807, 2.05) is 0 Å². The highest BCUT2D eigenvalue weighted by Crippen LogP contribution is 2.49. The van der Waals surface area contributed by atoms with Crippen molar-refractivity contribution in [3.05, 3.63) is 383 Å². The lowest BCUT2D eigenvalue weighted by atomic mass is 9.89. The fraction of sp³-hybridized carbons (Fsp3) is 0.102. The third kappa shape index (κ3) is 11.2. The first kappa shape index (κ1) is 62.8. The molecule has 0 bridgehead atoms. The van der Waals surface area contributed by atoms with Gasteiger partial charge in [-0.1, -0.05) is 291 Å². The van der Waals surface area contributed by atoms with E-state index in [0.29, 0.717) is 0 Å². The molecule has 0 radical (unpaired) electrons. The topological polar surface area (TPSA) is 16.2 Å². The molecule has 0 aromatic heterocycles. The molecule has 17 aromatic rings. The Balaban J connectivity index is 0.0000000927. The van der Waals surface area contributed by atoms with Crippen molar-refractivity contribution in [1.82, 2.24) is 0 Å². The molecule has 0 fully saturated rings. The largest absolute Gasteiger partial charge is 0.344 e. The summed E-state index contributed by atoms with van der Waals surface area (Å²) in [7, 11) is 10.9. The third-order valence-electron chi connectivity index (χ3n) is 22.2. The molecule has 0 N–H and O–H groups in total. The minimum Gasteiger partial charge on any atom is -0.344 e. The first-order valence-electron chi connectivity index (χ1n) is 36.1. The van der Waals surface area contributed by atoms with Crippen molar-refractivity contribution in [2.75, 3.05) is 59.7 Å². The van der Waals surface area contributed by atoms with Gasteiger partial charge >= 0.3 is 0 Å². The molecule has 5 aliphatic heterocycles. The molecule has 5 nitrogen and oxygen atoms in total. The van der Waals surface area contributed by atoms with Gasteiger partial charge in [-0.15, -0.1) is 0 Å². The van der Waals surface area contributed by atoms with Gasteiger partial charge in [0, 0.05) is 123 Å². The molecule has 0 spiro atoms. The maximum atomic E-state index is 2.39. The van der Waals surface area contributed by atoms with Crippen LogP contribution < -0.4 is 24.5 Å². The van der Waals surface area contributed by atoms with Gasteiger partial charge in [-0.2, -0.15) is 0 Å². The van der Waals surface area contributed by atoms with Gasteiger partial charge in [-0.05, 0) is 141 Å². The Kier molecular flexibility index (Phi) is 16.0. The Morgan fingerprint density at radius 1 is 0.165 bits per heavy atom. The molecule has 0 aliphatic carbocycles. The zero-order valence-corrected chi connectivity index (χ0v) is 58.9. The molecule has 0 unspecified atom stereocenters. The van der Waals surface area contributed by atoms with Gasteiger partial charge in [0.25, 0.3) is 0 Å². The second-order valence-electron chi connectivity index (χ2n) is 28.1. The van der Waals surface area contributed by atoms with Crippen molar-refractivity contribution < 1.29 is 0 Å². The number of anilines is 10. The average molecular weight is 1330 g/mol. The molecular weight excluding hydrogens is 1250 g/mol. The van der Waals surface area contributed by atoms with Crippen molar-refractivity contribution in [2.45, 2.75) is 32.1 Å². The van der Waals surface area contributed by atoms with Gasteiger partial charge in [0.2, 0.25) is 0 Å². The van der Waals surface area contributed by atoms with E-state index in [0.717, 1.165) is 32.1 Å². The van der Waals surface area contributed by atoms with E-state index in [1.54, 1.807) is 0 Å². The molecule has 0 saturated carbocycles. The van der Waals surface area contributed by atoms with Gasteiger partial charge in [-0.3, -0.25) is 0 Å². The van der Waals surface area contributed by atoms with Crippen LogP contribution in [0.2, 0.25) is 0 Å². The van der Waals surface area contributed by atoms with Crippen LogP contribution in [0.25, 0.3) is 75.4 Å². The highest BCUT2D eigenvalue weighted by molar-refractivity contribution is 6.07. The van der Waals surface area contributed by atoms with Crippen molar-refractivity contribution in [3.8, 4) is 0 Å². The van der Waals surface area contributed by atoms with Crippen LogP contribution in [0.3, 0.4) is 0 Å². The summed E-state index contributed by atoms with van der Waals surface area (Å²) < 4.78 is 0. The summed E-state index contributed by atoms with van der Waals surface area (Å²) in [5, 5.41) is 18.6. The number of benzene rings is 17. The zero-order valence-electron chi connectivity index (χ0n) is 58.9. The summed E-state index contributed by atoms with van der Waals surface area (Å²) >= 11 is 0. The molecule has 0 atom stereocenters. The summed E-state index contributed by atoms with van der Waals surface area (Å²) in [6.45, 7) is 0. The normalized spacial score (nSPS) is 13.2. The summed E-state index contributed by atoms with van der Waals surface area (Å²) in [4.78, 5) is 11.7. The van der Waals surface area contributed by atoms with E-state index in [-0.39, 0.29) is 0 Å². The smallest absolute Gasteiger partial charge is 0.0523 e. The number of nitrogens with zero attached hydrogens (tertiary/aromatic N) is 5. The van der Waals surface area contributed by atoms with Gasteiger partial charge in [0.1, 0.15) is 0 Å². The van der Waals surface area contributed by atoms with Crippen molar-refractivity contribution >= 4 is 132 Å². The molecule has 5 aliphatic rings. The van der Waals surface area contributed by atoms with Crippen LogP contribution in [-0.2, 0) is 32.1 Å². The molecule has 0 saturated heterocycles. The fourth-order valence-electron chi connectivity index (χ4n) is 17.3. The molecule has 5 heteroatoms. The lowest BCUT2D eigenvalue weighted by Crippen LogP contribution is -2.19. The zero-order chi connectivity index (χ0) is 69.2. The predicted molar refractivity (Wildman–Crippen MR) is 441 cm³/mol. The van der Waals surface area contributed by atoms with Crippen LogP contribution in [-0.4, -0.2) is 35.2 Å². The molecule has 0 amide bonds. The lowest BCUT2D eigenvalue weighted by molar-refractivity contribution is 1.06. The molecule has 103 heavy (non-hydrogen) atoms. The number of rotatable bonds is 0. The van der Waals surface area contributed by atoms with Crippen molar-refractivity contribution in [1.29, 1.82) is 0 Å². The van der Waals surface area contributed by atoms with E-state index in [1.165, 1.54) is 188 Å². The molecule has 22 rings (SSSR count). The maximum absolute atomic E-state index is 2.39. The molecule has 17 aromatic carbocycles. The Morgan fingerprint density at radius 2 is 0.427 bits per heavy atom. The van der Waals surface area contributed by atoms with E-state index in [4.69, 9.17) is 0 Å². The SMILES string of the molecule is CN1c2c(ccc3ccccc23)Cc2ccc3ccccc3c21.CN1c2cc3ccccc3cc2Cc2ccc3ccccc3c21.CN1c2ccc3ccccc3c2Cc2ccc3ccccc3c21.CN1c2ccccc2Cc2ccc3ccccc3c21.CN1c2ccccc2Cc2ccccc21. The summed E-state index contributed by atoms with van der Waals surface area (Å²) in [6, 6.07) is 118. The Labute approximate surface area is 603 Å². The van der Waals surface area contributed by atoms with Crippen LogP contribution in [0, 0.1) is 0 Å². The quantitative estimate of drug-likeness (QED) is 0.150. The Morgan fingerprint density at radius 3 is 0.845 bits per heavy atom. The summed E-state index contributed by atoms with van der Waals surface area (Å²) in [5.74, 6) is 0. The Hall–Kier alpha value is -12.4. The molecular formula is C98H79N5. The second-order valence-corrected chi connectivity index (χ2v) is 28.1. The van der Waals surface area contributed by atoms with E-state index in [9.17, 15) is 0 Å². The number of hydrogen-bond donors (Lipinski definition) is 0. The van der Waals surface area contributed by atoms with Gasteiger partial charge in [0.05, 0.1) is 28.4 Å². The van der Waals surface area contributed by atoms with Crippen molar-refractivity contribution in [2.24, 2.45) is 0 Å². The van der Waals surface area contributed by atoms with Gasteiger partial charge in [-0.25, -0.2) is 0 Å². The predicted octanol–water partition coefficient (Wildman–Crippen LogP) is 24.9. The van der Waals surface area contributed by atoms with Crippen LogP contribution in [0.5, 0.6) is 0 Å². The minimum atomic E-state index is 1.00. The highest BCUT2D eigenvalue weighted by Gasteiger charge is 2.28. The first-order chi connectivity index (χ1) is 50.7. The third-order valence-corrected chi connectivity index (χ3v) is 22.2. The Bertz CT molecular complexity index is 5970. The number of para-hydroxylation sites is 3. The lowest BCUT2D eigenvalue weighted by Gasteiger charge is -2.32. The second kappa shape index (κ2) is 26.3.